The lowest BCUT2D eigenvalue weighted by Crippen LogP contribution is -2.29. The van der Waals surface area contributed by atoms with Gasteiger partial charge in [-0.3, -0.25) is 9.59 Å². The maximum atomic E-state index is 13.3. The second-order valence-corrected chi connectivity index (χ2v) is 9.48. The summed E-state index contributed by atoms with van der Waals surface area (Å²) in [5.41, 5.74) is 3.25. The maximum Gasteiger partial charge on any atom is 0.296 e. The predicted octanol–water partition coefficient (Wildman–Crippen LogP) is 6.35. The number of aliphatic hydroxyl groups is 1. The Hall–Kier alpha value is -5.04. The molecule has 1 saturated heterocycles. The van der Waals surface area contributed by atoms with Crippen LogP contribution in [0.5, 0.6) is 11.5 Å². The van der Waals surface area contributed by atoms with Crippen LogP contribution in [-0.4, -0.2) is 28.3 Å². The highest BCUT2D eigenvalue weighted by molar-refractivity contribution is 6.46. The van der Waals surface area contributed by atoms with Gasteiger partial charge in [0.1, 0.15) is 36.2 Å². The van der Waals surface area contributed by atoms with Crippen LogP contribution in [0.3, 0.4) is 0 Å². The van der Waals surface area contributed by atoms with E-state index in [2.05, 4.69) is 12.6 Å². The van der Waals surface area contributed by atoms with Crippen molar-refractivity contribution in [1.29, 1.82) is 0 Å². The quantitative estimate of drug-likeness (QED) is 0.110. The van der Waals surface area contributed by atoms with Gasteiger partial charge in [-0.15, -0.1) is 0 Å². The van der Waals surface area contributed by atoms with Crippen LogP contribution in [-0.2, 0) is 22.7 Å². The summed E-state index contributed by atoms with van der Waals surface area (Å²) in [5.74, 6) is 0.0141. The van der Waals surface area contributed by atoms with E-state index in [9.17, 15) is 14.7 Å². The van der Waals surface area contributed by atoms with Gasteiger partial charge in [-0.1, -0.05) is 54.6 Å². The topological polar surface area (TPSA) is 89.2 Å². The molecule has 1 aromatic heterocycles. The van der Waals surface area contributed by atoms with E-state index in [0.29, 0.717) is 41.6 Å². The van der Waals surface area contributed by atoms with Crippen LogP contribution >= 0.6 is 0 Å². The molecule has 0 unspecified atom stereocenters. The molecule has 0 radical (unpaired) electrons. The Bertz CT molecular complexity index is 1530. The van der Waals surface area contributed by atoms with Crippen molar-refractivity contribution in [3.63, 3.8) is 0 Å². The Morgan fingerprint density at radius 1 is 0.975 bits per heavy atom. The van der Waals surface area contributed by atoms with Crippen LogP contribution in [0.2, 0.25) is 0 Å². The number of ether oxygens (including phenoxy) is 2. The zero-order chi connectivity index (χ0) is 28.1. The summed E-state index contributed by atoms with van der Waals surface area (Å²) < 4.78 is 16.9. The summed E-state index contributed by atoms with van der Waals surface area (Å²) in [6.07, 6.45) is 3.15. The van der Waals surface area contributed by atoms with Gasteiger partial charge in [-0.05, 0) is 66.6 Å². The highest BCUT2D eigenvalue weighted by Gasteiger charge is 2.46. The van der Waals surface area contributed by atoms with E-state index >= 15 is 0 Å². The van der Waals surface area contributed by atoms with Crippen LogP contribution < -0.4 is 9.47 Å². The molecule has 0 saturated carbocycles. The zero-order valence-electron chi connectivity index (χ0n) is 22.1. The van der Waals surface area contributed by atoms with Gasteiger partial charge in [0, 0.05) is 5.56 Å². The van der Waals surface area contributed by atoms with Gasteiger partial charge in [-0.2, -0.15) is 0 Å². The number of carbonyl (C=O) groups excluding carboxylic acids is 2. The van der Waals surface area contributed by atoms with Gasteiger partial charge in [0.15, 0.2) is 0 Å². The number of carbonyl (C=O) groups is 2. The fourth-order valence-corrected chi connectivity index (χ4v) is 4.69. The van der Waals surface area contributed by atoms with Crippen LogP contribution in [0.25, 0.3) is 5.76 Å². The number of hydrogen-bond donors (Lipinski definition) is 1. The standard InChI is InChI=1S/C33H29NO6/c1-3-17-38-26-13-9-24(10-14-26)30-29(32(36)33(37)34(30)20-28-8-5-18-39-28)31(35)25-11-15-27(16-12-25)40-21-23-7-4-6-22(2)19-23/h3-16,18-19,30,35H,1,17,20-21H2,2H3/t30-/m0/s1. The van der Waals surface area contributed by atoms with Crippen molar-refractivity contribution in [2.45, 2.75) is 26.1 Å². The molecule has 7 heteroatoms. The van der Waals surface area contributed by atoms with Crippen molar-refractivity contribution in [3.8, 4) is 11.5 Å². The van der Waals surface area contributed by atoms with Crippen molar-refractivity contribution >= 4 is 17.4 Å². The monoisotopic (exact) mass is 535 g/mol. The van der Waals surface area contributed by atoms with Gasteiger partial charge >= 0.3 is 0 Å². The lowest BCUT2D eigenvalue weighted by molar-refractivity contribution is -0.140. The molecular weight excluding hydrogens is 506 g/mol. The summed E-state index contributed by atoms with van der Waals surface area (Å²) in [7, 11) is 0. The highest BCUT2D eigenvalue weighted by atomic mass is 16.5. The van der Waals surface area contributed by atoms with Gasteiger partial charge in [0.05, 0.1) is 24.4 Å². The Morgan fingerprint density at radius 3 is 2.38 bits per heavy atom. The first-order chi connectivity index (χ1) is 19.4. The number of amides is 1. The van der Waals surface area contributed by atoms with Gasteiger partial charge in [-0.25, -0.2) is 0 Å². The lowest BCUT2D eigenvalue weighted by Gasteiger charge is -2.24. The molecule has 0 spiro atoms. The first-order valence-corrected chi connectivity index (χ1v) is 12.9. The number of aryl methyl sites for hydroxylation is 1. The maximum absolute atomic E-state index is 13.3. The number of likely N-dealkylation sites (tertiary alicyclic amines) is 1. The number of aliphatic hydroxyl groups excluding tert-OH is 1. The van der Waals surface area contributed by atoms with E-state index in [1.54, 1.807) is 66.7 Å². The first-order valence-electron chi connectivity index (χ1n) is 12.9. The van der Waals surface area contributed by atoms with E-state index < -0.39 is 17.7 Å². The van der Waals surface area contributed by atoms with Crippen molar-refractivity contribution in [3.05, 3.63) is 137 Å². The zero-order valence-corrected chi connectivity index (χ0v) is 22.1. The molecule has 202 valence electrons. The molecule has 0 aliphatic carbocycles. The number of rotatable bonds is 10. The minimum Gasteiger partial charge on any atom is -0.507 e. The summed E-state index contributed by atoms with van der Waals surface area (Å²) >= 11 is 0. The second kappa shape index (κ2) is 11.8. The molecule has 5 rings (SSSR count). The molecule has 1 N–H and O–H groups in total. The molecular formula is C33H29NO6. The average Bonchev–Trinajstić information content (AvgIpc) is 3.58. The third kappa shape index (κ3) is 5.68. The van der Waals surface area contributed by atoms with E-state index in [1.807, 2.05) is 25.1 Å². The summed E-state index contributed by atoms with van der Waals surface area (Å²) in [6.45, 7) is 6.49. The fourth-order valence-electron chi connectivity index (χ4n) is 4.69. The Balaban J connectivity index is 1.45. The Morgan fingerprint density at radius 2 is 1.70 bits per heavy atom. The third-order valence-electron chi connectivity index (χ3n) is 6.63. The van der Waals surface area contributed by atoms with Gasteiger partial charge in [0.2, 0.25) is 0 Å². The Labute approximate surface area is 232 Å². The average molecular weight is 536 g/mol. The molecule has 1 fully saturated rings. The highest BCUT2D eigenvalue weighted by Crippen LogP contribution is 2.41. The number of hydrogen-bond acceptors (Lipinski definition) is 6. The van der Waals surface area contributed by atoms with Crippen LogP contribution in [0.4, 0.5) is 0 Å². The largest absolute Gasteiger partial charge is 0.507 e. The number of furan rings is 1. The number of ketones is 1. The SMILES string of the molecule is C=CCOc1ccc([C@H]2C(=C(O)c3ccc(OCc4cccc(C)c4)cc3)C(=O)C(=O)N2Cc2ccco2)cc1. The molecule has 4 aromatic rings. The second-order valence-electron chi connectivity index (χ2n) is 9.48. The summed E-state index contributed by atoms with van der Waals surface area (Å²) in [6, 6.07) is 24.5. The molecule has 40 heavy (non-hydrogen) atoms. The number of Topliss-reactive ketones (excluding diaryl/α,β-unsaturated/α-hetero) is 1. The van der Waals surface area contributed by atoms with Crippen molar-refractivity contribution in [2.75, 3.05) is 6.61 Å². The lowest BCUT2D eigenvalue weighted by atomic mass is 9.95. The summed E-state index contributed by atoms with van der Waals surface area (Å²) in [4.78, 5) is 27.9. The smallest absolute Gasteiger partial charge is 0.296 e. The molecule has 2 heterocycles. The molecule has 3 aromatic carbocycles. The number of benzene rings is 3. The van der Waals surface area contributed by atoms with Crippen molar-refractivity contribution in [2.24, 2.45) is 0 Å². The normalized spacial score (nSPS) is 16.2. The van der Waals surface area contributed by atoms with E-state index in [-0.39, 0.29) is 17.9 Å². The third-order valence-corrected chi connectivity index (χ3v) is 6.63. The van der Waals surface area contributed by atoms with E-state index in [0.717, 1.165) is 11.1 Å². The van der Waals surface area contributed by atoms with E-state index in [1.165, 1.54) is 11.2 Å². The molecule has 1 amide bonds. The predicted molar refractivity (Wildman–Crippen MR) is 151 cm³/mol. The van der Waals surface area contributed by atoms with Crippen molar-refractivity contribution < 1.29 is 28.6 Å². The van der Waals surface area contributed by atoms with Gasteiger partial charge in [0.25, 0.3) is 11.7 Å². The minimum absolute atomic E-state index is 0.00439. The molecule has 7 nitrogen and oxygen atoms in total. The first kappa shape index (κ1) is 26.6. The van der Waals surface area contributed by atoms with Crippen LogP contribution in [0.1, 0.15) is 34.1 Å². The fraction of sp³-hybridized carbons (Fsp3) is 0.152. The van der Waals surface area contributed by atoms with Gasteiger partial charge < -0.3 is 23.9 Å². The van der Waals surface area contributed by atoms with Crippen LogP contribution in [0.15, 0.2) is 114 Å². The molecule has 1 aliphatic rings. The number of nitrogens with zero attached hydrogens (tertiary/aromatic N) is 1. The molecule has 1 aliphatic heterocycles. The van der Waals surface area contributed by atoms with Crippen molar-refractivity contribution in [1.82, 2.24) is 4.90 Å². The molecule has 1 atom stereocenters. The minimum atomic E-state index is -0.823. The van der Waals surface area contributed by atoms with Crippen LogP contribution in [0, 0.1) is 6.92 Å². The molecule has 0 bridgehead atoms. The Kier molecular flexibility index (Phi) is 7.82. The summed E-state index contributed by atoms with van der Waals surface area (Å²) in [5, 5.41) is 11.4. The van der Waals surface area contributed by atoms with E-state index in [4.69, 9.17) is 13.9 Å².